The average Bonchev–Trinajstić information content (AvgIpc) is 2.51. The minimum absolute atomic E-state index is 0.119. The van der Waals surface area contributed by atoms with Crippen LogP contribution in [-0.4, -0.2) is 41.8 Å². The number of β-amino-alcohol motifs (C(OH)–C–C–N with tert-alkyl or cyclic N) is 1. The van der Waals surface area contributed by atoms with Crippen molar-refractivity contribution in [2.75, 3.05) is 19.8 Å². The number of rotatable bonds is 5. The molecule has 0 aromatic heterocycles. The van der Waals surface area contributed by atoms with Crippen LogP contribution in [0.4, 0.5) is 4.79 Å². The van der Waals surface area contributed by atoms with E-state index in [1.807, 2.05) is 24.3 Å². The van der Waals surface area contributed by atoms with Crippen LogP contribution in [0.1, 0.15) is 25.5 Å². The molecule has 1 atom stereocenters. The highest BCUT2D eigenvalue weighted by atomic mass is 79.9. The second-order valence-corrected chi connectivity index (χ2v) is 5.94. The zero-order chi connectivity index (χ0) is 17.0. The Morgan fingerprint density at radius 1 is 1.39 bits per heavy atom. The number of halogens is 1. The van der Waals surface area contributed by atoms with Crippen LogP contribution in [0.5, 0.6) is 0 Å². The molecule has 0 radical (unpaired) electrons. The molecule has 0 aliphatic carbocycles. The minimum Gasteiger partial charge on any atom is -0.463 e. The lowest BCUT2D eigenvalue weighted by atomic mass is 9.95. The van der Waals surface area contributed by atoms with Gasteiger partial charge in [0.15, 0.2) is 0 Å². The standard InChI is InChI=1S/C16H19BrN2O4/c1-3-23-15(21)13-10(2)19(8-9-20)16(22)18-14(13)11-4-6-12(17)7-5-11/h4-7,14,20H,3,8-9H2,1-2H3,(H,18,22). The Morgan fingerprint density at radius 3 is 2.61 bits per heavy atom. The molecule has 0 fully saturated rings. The van der Waals surface area contributed by atoms with Gasteiger partial charge in [-0.1, -0.05) is 28.1 Å². The summed E-state index contributed by atoms with van der Waals surface area (Å²) >= 11 is 3.37. The average molecular weight is 383 g/mol. The van der Waals surface area contributed by atoms with Gasteiger partial charge in [-0.15, -0.1) is 0 Å². The summed E-state index contributed by atoms with van der Waals surface area (Å²) in [6, 6.07) is 6.44. The van der Waals surface area contributed by atoms with Gasteiger partial charge in [-0.2, -0.15) is 0 Å². The Hall–Kier alpha value is -1.86. The van der Waals surface area contributed by atoms with Crippen LogP contribution in [-0.2, 0) is 9.53 Å². The summed E-state index contributed by atoms with van der Waals surface area (Å²) < 4.78 is 6.05. The van der Waals surface area contributed by atoms with E-state index < -0.39 is 12.0 Å². The molecule has 0 saturated heterocycles. The molecule has 1 aliphatic rings. The smallest absolute Gasteiger partial charge is 0.338 e. The molecule has 1 aliphatic heterocycles. The van der Waals surface area contributed by atoms with Gasteiger partial charge in [0.2, 0.25) is 0 Å². The van der Waals surface area contributed by atoms with E-state index in [0.717, 1.165) is 10.0 Å². The van der Waals surface area contributed by atoms with Crippen molar-refractivity contribution in [2.45, 2.75) is 19.9 Å². The number of esters is 1. The van der Waals surface area contributed by atoms with E-state index in [2.05, 4.69) is 21.2 Å². The molecule has 124 valence electrons. The third kappa shape index (κ3) is 3.73. The first-order valence-corrected chi connectivity index (χ1v) is 8.11. The Kier molecular flexibility index (Phi) is 5.79. The molecule has 0 spiro atoms. The predicted octanol–water partition coefficient (Wildman–Crippen LogP) is 2.34. The number of nitrogens with zero attached hydrogens (tertiary/aromatic N) is 1. The summed E-state index contributed by atoms with van der Waals surface area (Å²) in [5.74, 6) is -0.471. The summed E-state index contributed by atoms with van der Waals surface area (Å²) in [5.41, 5.74) is 1.66. The number of nitrogens with one attached hydrogen (secondary N) is 1. The van der Waals surface area contributed by atoms with Crippen LogP contribution in [0, 0.1) is 0 Å². The maximum atomic E-state index is 12.4. The van der Waals surface area contributed by atoms with E-state index in [0.29, 0.717) is 11.3 Å². The number of urea groups is 1. The lowest BCUT2D eigenvalue weighted by molar-refractivity contribution is -0.139. The minimum atomic E-state index is -0.579. The highest BCUT2D eigenvalue weighted by Crippen LogP contribution is 2.31. The van der Waals surface area contributed by atoms with Gasteiger partial charge >= 0.3 is 12.0 Å². The van der Waals surface area contributed by atoms with Crippen molar-refractivity contribution >= 4 is 27.9 Å². The summed E-state index contributed by atoms with van der Waals surface area (Å²) in [6.07, 6.45) is 0. The second-order valence-electron chi connectivity index (χ2n) is 5.03. The first kappa shape index (κ1) is 17.5. The number of aliphatic hydroxyl groups excluding tert-OH is 1. The van der Waals surface area contributed by atoms with Crippen molar-refractivity contribution in [2.24, 2.45) is 0 Å². The molecule has 1 unspecified atom stereocenters. The van der Waals surface area contributed by atoms with E-state index in [9.17, 15) is 9.59 Å². The lowest BCUT2D eigenvalue weighted by Crippen LogP contribution is -2.48. The number of allylic oxidation sites excluding steroid dienone is 1. The van der Waals surface area contributed by atoms with Crippen LogP contribution in [0.3, 0.4) is 0 Å². The van der Waals surface area contributed by atoms with Crippen LogP contribution < -0.4 is 5.32 Å². The highest BCUT2D eigenvalue weighted by Gasteiger charge is 2.36. The second kappa shape index (κ2) is 7.61. The number of carbonyl (C=O) groups is 2. The number of ether oxygens (including phenoxy) is 1. The molecule has 23 heavy (non-hydrogen) atoms. The van der Waals surface area contributed by atoms with Crippen LogP contribution in [0.15, 0.2) is 40.0 Å². The Bertz CT molecular complexity index is 627. The summed E-state index contributed by atoms with van der Waals surface area (Å²) in [5, 5.41) is 11.9. The molecule has 2 rings (SSSR count). The van der Waals surface area contributed by atoms with Crippen molar-refractivity contribution in [3.8, 4) is 0 Å². The monoisotopic (exact) mass is 382 g/mol. The molecule has 2 amide bonds. The zero-order valence-corrected chi connectivity index (χ0v) is 14.6. The highest BCUT2D eigenvalue weighted by molar-refractivity contribution is 9.10. The normalized spacial score (nSPS) is 18.0. The summed E-state index contributed by atoms with van der Waals surface area (Å²) in [7, 11) is 0. The molecular formula is C16H19BrN2O4. The number of hydrogen-bond acceptors (Lipinski definition) is 4. The molecule has 0 bridgehead atoms. The van der Waals surface area contributed by atoms with Gasteiger partial charge in [0, 0.05) is 10.2 Å². The molecule has 2 N–H and O–H groups in total. The third-order valence-corrected chi connectivity index (χ3v) is 4.15. The van der Waals surface area contributed by atoms with E-state index in [1.165, 1.54) is 4.90 Å². The van der Waals surface area contributed by atoms with Crippen molar-refractivity contribution in [3.05, 3.63) is 45.6 Å². The van der Waals surface area contributed by atoms with Crippen molar-refractivity contribution in [1.82, 2.24) is 10.2 Å². The quantitative estimate of drug-likeness (QED) is 0.766. The van der Waals surface area contributed by atoms with Gasteiger partial charge in [-0.25, -0.2) is 9.59 Å². The molecule has 0 saturated carbocycles. The SMILES string of the molecule is CCOC(=O)C1=C(C)N(CCO)C(=O)NC1c1ccc(Br)cc1. The van der Waals surface area contributed by atoms with Gasteiger partial charge in [-0.3, -0.25) is 4.90 Å². The van der Waals surface area contributed by atoms with Gasteiger partial charge in [0.05, 0.1) is 31.4 Å². The number of amides is 2. The number of aliphatic hydroxyl groups is 1. The molecule has 1 heterocycles. The zero-order valence-electron chi connectivity index (χ0n) is 13.0. The molecule has 7 heteroatoms. The number of benzene rings is 1. The van der Waals surface area contributed by atoms with Crippen LogP contribution >= 0.6 is 15.9 Å². The van der Waals surface area contributed by atoms with Gasteiger partial charge in [0.25, 0.3) is 0 Å². The Morgan fingerprint density at radius 2 is 2.04 bits per heavy atom. The first-order chi connectivity index (χ1) is 11.0. The van der Waals surface area contributed by atoms with Crippen molar-refractivity contribution in [3.63, 3.8) is 0 Å². The Labute approximate surface area is 143 Å². The molecule has 1 aromatic rings. The molecule has 6 nitrogen and oxygen atoms in total. The van der Waals surface area contributed by atoms with Crippen LogP contribution in [0.2, 0.25) is 0 Å². The van der Waals surface area contributed by atoms with Crippen molar-refractivity contribution < 1.29 is 19.4 Å². The third-order valence-electron chi connectivity index (χ3n) is 3.62. The van der Waals surface area contributed by atoms with Gasteiger partial charge in [-0.05, 0) is 31.5 Å². The maximum Gasteiger partial charge on any atom is 0.338 e. The summed E-state index contributed by atoms with van der Waals surface area (Å²) in [4.78, 5) is 26.0. The predicted molar refractivity (Wildman–Crippen MR) is 88.5 cm³/mol. The van der Waals surface area contributed by atoms with Crippen molar-refractivity contribution in [1.29, 1.82) is 0 Å². The summed E-state index contributed by atoms with van der Waals surface area (Å²) in [6.45, 7) is 3.59. The van der Waals surface area contributed by atoms with Gasteiger partial charge in [0.1, 0.15) is 0 Å². The Balaban J connectivity index is 2.48. The van der Waals surface area contributed by atoms with E-state index in [4.69, 9.17) is 9.84 Å². The largest absolute Gasteiger partial charge is 0.463 e. The molecular weight excluding hydrogens is 364 g/mol. The topological polar surface area (TPSA) is 78.9 Å². The van der Waals surface area contributed by atoms with E-state index >= 15 is 0 Å². The first-order valence-electron chi connectivity index (χ1n) is 7.31. The number of hydrogen-bond donors (Lipinski definition) is 2. The number of carbonyl (C=O) groups excluding carboxylic acids is 2. The fourth-order valence-electron chi connectivity index (χ4n) is 2.53. The van der Waals surface area contributed by atoms with Gasteiger partial charge < -0.3 is 15.2 Å². The van der Waals surface area contributed by atoms with E-state index in [1.54, 1.807) is 13.8 Å². The van der Waals surface area contributed by atoms with Crippen LogP contribution in [0.25, 0.3) is 0 Å². The fourth-order valence-corrected chi connectivity index (χ4v) is 2.79. The lowest BCUT2D eigenvalue weighted by Gasteiger charge is -2.35. The maximum absolute atomic E-state index is 12.4. The van der Waals surface area contributed by atoms with E-state index in [-0.39, 0.29) is 25.8 Å². The fraction of sp³-hybridized carbons (Fsp3) is 0.375. The molecule has 1 aromatic carbocycles.